The molecule has 1 heterocycles. The second-order valence-corrected chi connectivity index (χ2v) is 5.26. The van der Waals surface area contributed by atoms with Crippen LogP contribution in [-0.4, -0.2) is 32.1 Å². The third-order valence-corrected chi connectivity index (χ3v) is 3.54. The lowest BCUT2D eigenvalue weighted by Crippen LogP contribution is -2.41. The molecular formula is C15H22N2O2. The van der Waals surface area contributed by atoms with E-state index in [1.165, 1.54) is 0 Å². The first-order valence-corrected chi connectivity index (χ1v) is 6.88. The molecule has 1 aliphatic heterocycles. The van der Waals surface area contributed by atoms with Gasteiger partial charge in [-0.1, -0.05) is 18.2 Å². The van der Waals surface area contributed by atoms with Crippen molar-refractivity contribution in [2.24, 2.45) is 5.41 Å². The molecule has 104 valence electrons. The van der Waals surface area contributed by atoms with E-state index in [9.17, 15) is 4.79 Å². The van der Waals surface area contributed by atoms with Gasteiger partial charge in [0.25, 0.3) is 0 Å². The van der Waals surface area contributed by atoms with E-state index in [2.05, 4.69) is 10.6 Å². The van der Waals surface area contributed by atoms with Crippen LogP contribution >= 0.6 is 0 Å². The van der Waals surface area contributed by atoms with Crippen molar-refractivity contribution in [2.75, 3.05) is 26.2 Å². The van der Waals surface area contributed by atoms with Crippen LogP contribution in [0, 0.1) is 5.41 Å². The Hall–Kier alpha value is -1.55. The molecule has 0 bridgehead atoms. The molecule has 1 atom stereocenters. The van der Waals surface area contributed by atoms with Gasteiger partial charge in [0.1, 0.15) is 5.75 Å². The molecule has 0 saturated carbocycles. The topological polar surface area (TPSA) is 50.4 Å². The maximum Gasteiger partial charge on any atom is 0.227 e. The predicted octanol–water partition coefficient (Wildman–Crippen LogP) is 1.57. The molecule has 0 aromatic heterocycles. The summed E-state index contributed by atoms with van der Waals surface area (Å²) < 4.78 is 5.57. The Morgan fingerprint density at radius 1 is 1.42 bits per heavy atom. The largest absolute Gasteiger partial charge is 0.494 e. The maximum absolute atomic E-state index is 12.0. The Morgan fingerprint density at radius 3 is 2.89 bits per heavy atom. The molecule has 4 heteroatoms. The average Bonchev–Trinajstić information content (AvgIpc) is 2.88. The van der Waals surface area contributed by atoms with Crippen LogP contribution in [0.25, 0.3) is 0 Å². The van der Waals surface area contributed by atoms with E-state index in [0.717, 1.165) is 31.7 Å². The fourth-order valence-corrected chi connectivity index (χ4v) is 2.20. The van der Waals surface area contributed by atoms with Gasteiger partial charge in [-0.15, -0.1) is 0 Å². The highest BCUT2D eigenvalue weighted by atomic mass is 16.5. The van der Waals surface area contributed by atoms with Gasteiger partial charge in [-0.2, -0.15) is 0 Å². The molecule has 2 N–H and O–H groups in total. The number of benzene rings is 1. The normalized spacial score (nSPS) is 22.2. The van der Waals surface area contributed by atoms with Gasteiger partial charge in [0, 0.05) is 13.1 Å². The van der Waals surface area contributed by atoms with Crippen molar-refractivity contribution in [3.05, 3.63) is 30.3 Å². The van der Waals surface area contributed by atoms with Crippen molar-refractivity contribution in [1.82, 2.24) is 10.6 Å². The summed E-state index contributed by atoms with van der Waals surface area (Å²) in [5.74, 6) is 1.03. The predicted molar refractivity (Wildman–Crippen MR) is 75.2 cm³/mol. The van der Waals surface area contributed by atoms with E-state index in [0.29, 0.717) is 13.2 Å². The molecule has 1 aromatic rings. The van der Waals surface area contributed by atoms with E-state index in [4.69, 9.17) is 4.74 Å². The van der Waals surface area contributed by atoms with Crippen molar-refractivity contribution in [2.45, 2.75) is 19.8 Å². The number of amides is 1. The molecule has 0 aliphatic carbocycles. The number of ether oxygens (including phenoxy) is 1. The molecule has 1 aromatic carbocycles. The summed E-state index contributed by atoms with van der Waals surface area (Å²) in [7, 11) is 0. The second-order valence-electron chi connectivity index (χ2n) is 5.26. The monoisotopic (exact) mass is 262 g/mol. The third kappa shape index (κ3) is 3.96. The lowest BCUT2D eigenvalue weighted by Gasteiger charge is -2.21. The zero-order valence-electron chi connectivity index (χ0n) is 11.4. The lowest BCUT2D eigenvalue weighted by molar-refractivity contribution is -0.129. The minimum Gasteiger partial charge on any atom is -0.494 e. The summed E-state index contributed by atoms with van der Waals surface area (Å²) in [5, 5.41) is 6.22. The molecular weight excluding hydrogens is 240 g/mol. The van der Waals surface area contributed by atoms with Crippen LogP contribution in [0.5, 0.6) is 5.75 Å². The van der Waals surface area contributed by atoms with Gasteiger partial charge in [-0.05, 0) is 38.4 Å². The van der Waals surface area contributed by atoms with Crippen LogP contribution in [0.15, 0.2) is 30.3 Å². The zero-order valence-corrected chi connectivity index (χ0v) is 11.4. The van der Waals surface area contributed by atoms with E-state index in [1.54, 1.807) is 0 Å². The number of carbonyl (C=O) groups excluding carboxylic acids is 1. The molecule has 0 spiro atoms. The number of para-hydroxylation sites is 1. The zero-order chi connectivity index (χ0) is 13.6. The maximum atomic E-state index is 12.0. The van der Waals surface area contributed by atoms with Crippen molar-refractivity contribution in [3.63, 3.8) is 0 Å². The van der Waals surface area contributed by atoms with Crippen molar-refractivity contribution in [1.29, 1.82) is 0 Å². The van der Waals surface area contributed by atoms with Crippen LogP contribution in [-0.2, 0) is 4.79 Å². The molecule has 2 rings (SSSR count). The van der Waals surface area contributed by atoms with Crippen molar-refractivity contribution < 1.29 is 9.53 Å². The van der Waals surface area contributed by atoms with E-state index in [1.807, 2.05) is 37.3 Å². The van der Waals surface area contributed by atoms with Crippen molar-refractivity contribution in [3.8, 4) is 5.75 Å². The first-order chi connectivity index (χ1) is 9.21. The Morgan fingerprint density at radius 2 is 2.21 bits per heavy atom. The van der Waals surface area contributed by atoms with Crippen LogP contribution in [0.3, 0.4) is 0 Å². The smallest absolute Gasteiger partial charge is 0.227 e. The molecule has 1 fully saturated rings. The van der Waals surface area contributed by atoms with Crippen LogP contribution < -0.4 is 15.4 Å². The Kier molecular flexibility index (Phi) is 4.80. The van der Waals surface area contributed by atoms with Crippen molar-refractivity contribution >= 4 is 5.91 Å². The lowest BCUT2D eigenvalue weighted by atomic mass is 9.89. The Labute approximate surface area is 114 Å². The fraction of sp³-hybridized carbons (Fsp3) is 0.533. The van der Waals surface area contributed by atoms with Gasteiger partial charge >= 0.3 is 0 Å². The quantitative estimate of drug-likeness (QED) is 0.765. The highest BCUT2D eigenvalue weighted by Gasteiger charge is 2.35. The van der Waals surface area contributed by atoms with E-state index in [-0.39, 0.29) is 11.3 Å². The van der Waals surface area contributed by atoms with Gasteiger partial charge in [0.15, 0.2) is 0 Å². The van der Waals surface area contributed by atoms with Gasteiger partial charge in [-0.25, -0.2) is 0 Å². The summed E-state index contributed by atoms with van der Waals surface area (Å²) >= 11 is 0. The third-order valence-electron chi connectivity index (χ3n) is 3.54. The molecule has 4 nitrogen and oxygen atoms in total. The number of rotatable bonds is 6. The molecule has 0 radical (unpaired) electrons. The minimum absolute atomic E-state index is 0.150. The highest BCUT2D eigenvalue weighted by molar-refractivity contribution is 5.82. The second kappa shape index (κ2) is 6.57. The number of hydrogen-bond donors (Lipinski definition) is 2. The Balaban J connectivity index is 1.60. The molecule has 1 amide bonds. The number of carbonyl (C=O) groups is 1. The Bertz CT molecular complexity index is 400. The first-order valence-electron chi connectivity index (χ1n) is 6.88. The van der Waals surface area contributed by atoms with Gasteiger partial charge in [0.05, 0.1) is 12.0 Å². The molecule has 1 unspecified atom stereocenters. The SMILES string of the molecule is CC1(C(=O)NCCCOc2ccccc2)CCNC1. The van der Waals surface area contributed by atoms with Crippen LogP contribution in [0.2, 0.25) is 0 Å². The number of hydrogen-bond acceptors (Lipinski definition) is 3. The highest BCUT2D eigenvalue weighted by Crippen LogP contribution is 2.24. The summed E-state index contributed by atoms with van der Waals surface area (Å²) in [5.41, 5.74) is -0.236. The summed E-state index contributed by atoms with van der Waals surface area (Å²) in [6.45, 7) is 5.02. The summed E-state index contributed by atoms with van der Waals surface area (Å²) in [6, 6.07) is 9.73. The fourth-order valence-electron chi connectivity index (χ4n) is 2.20. The molecule has 1 saturated heterocycles. The van der Waals surface area contributed by atoms with Crippen LogP contribution in [0.1, 0.15) is 19.8 Å². The first kappa shape index (κ1) is 13.9. The van der Waals surface area contributed by atoms with Gasteiger partial charge in [-0.3, -0.25) is 4.79 Å². The van der Waals surface area contributed by atoms with Gasteiger partial charge in [0.2, 0.25) is 5.91 Å². The van der Waals surface area contributed by atoms with Gasteiger partial charge < -0.3 is 15.4 Å². The van der Waals surface area contributed by atoms with E-state index >= 15 is 0 Å². The molecule has 19 heavy (non-hydrogen) atoms. The average molecular weight is 262 g/mol. The molecule has 1 aliphatic rings. The minimum atomic E-state index is -0.236. The number of nitrogens with one attached hydrogen (secondary N) is 2. The standard InChI is InChI=1S/C15H22N2O2/c1-15(8-10-16-12-15)14(18)17-9-5-11-19-13-6-3-2-4-7-13/h2-4,6-7,16H,5,8-12H2,1H3,(H,17,18). The van der Waals surface area contributed by atoms with E-state index < -0.39 is 0 Å². The summed E-state index contributed by atoms with van der Waals surface area (Å²) in [4.78, 5) is 12.0. The van der Waals surface area contributed by atoms with Crippen LogP contribution in [0.4, 0.5) is 0 Å². The summed E-state index contributed by atoms with van der Waals surface area (Å²) in [6.07, 6.45) is 1.74.